The average molecular weight is 430 g/mol. The van der Waals surface area contributed by atoms with Crippen LogP contribution in [0.5, 0.6) is 5.75 Å². The molecule has 154 valence electrons. The monoisotopic (exact) mass is 429 g/mol. The van der Waals surface area contributed by atoms with Crippen molar-refractivity contribution in [2.24, 2.45) is 23.2 Å². The lowest BCUT2D eigenvalue weighted by molar-refractivity contribution is -0.141. The van der Waals surface area contributed by atoms with Crippen LogP contribution in [0, 0.1) is 23.2 Å². The van der Waals surface area contributed by atoms with Crippen molar-refractivity contribution in [3.05, 3.63) is 24.3 Å². The molecule has 1 aromatic carbocycles. The predicted octanol–water partition coefficient (Wildman–Crippen LogP) is 5.56. The van der Waals surface area contributed by atoms with E-state index in [1.54, 1.807) is 11.8 Å². The number of hydrogen-bond acceptors (Lipinski definition) is 7. The van der Waals surface area contributed by atoms with E-state index in [2.05, 4.69) is 15.5 Å². The van der Waals surface area contributed by atoms with Gasteiger partial charge < -0.3 is 10.1 Å². The molecule has 0 unspecified atom stereocenters. The summed E-state index contributed by atoms with van der Waals surface area (Å²) >= 11 is 3.04. The molecule has 0 radical (unpaired) electrons. The van der Waals surface area contributed by atoms with Gasteiger partial charge in [-0.2, -0.15) is 0 Å². The highest BCUT2D eigenvalue weighted by atomic mass is 32.2. The van der Waals surface area contributed by atoms with E-state index in [0.717, 1.165) is 57.9 Å². The van der Waals surface area contributed by atoms with Crippen LogP contribution in [-0.2, 0) is 4.79 Å². The number of hydrogen-bond donors (Lipinski definition) is 1. The maximum atomic E-state index is 13.2. The quantitative estimate of drug-likeness (QED) is 0.555. The fourth-order valence-electron chi connectivity index (χ4n) is 6.02. The summed E-state index contributed by atoms with van der Waals surface area (Å²) in [4.78, 5) is 13.2. The second-order valence-corrected chi connectivity index (χ2v) is 11.0. The maximum absolute atomic E-state index is 13.2. The minimum Gasteiger partial charge on any atom is -0.492 e. The van der Waals surface area contributed by atoms with E-state index < -0.39 is 0 Å². The zero-order valence-corrected chi connectivity index (χ0v) is 18.4. The summed E-state index contributed by atoms with van der Waals surface area (Å²) < 4.78 is 6.50. The SMILES string of the molecule is CCOc1ccccc1Nc1nnc(SCC(=O)C23CC4CC(CC(C4)C2)C3)s1. The highest BCUT2D eigenvalue weighted by Crippen LogP contribution is 2.60. The van der Waals surface area contributed by atoms with Crippen LogP contribution in [-0.4, -0.2) is 28.3 Å². The van der Waals surface area contributed by atoms with E-state index in [4.69, 9.17) is 4.74 Å². The van der Waals surface area contributed by atoms with Crippen LogP contribution in [0.25, 0.3) is 0 Å². The number of benzene rings is 1. The van der Waals surface area contributed by atoms with Crippen LogP contribution < -0.4 is 10.1 Å². The third kappa shape index (κ3) is 3.91. The molecule has 4 saturated carbocycles. The smallest absolute Gasteiger partial charge is 0.210 e. The largest absolute Gasteiger partial charge is 0.492 e. The number of para-hydroxylation sites is 2. The molecule has 1 heterocycles. The molecule has 1 aromatic heterocycles. The Morgan fingerprint density at radius 1 is 1.17 bits per heavy atom. The number of ketones is 1. The lowest BCUT2D eigenvalue weighted by atomic mass is 9.48. The van der Waals surface area contributed by atoms with Gasteiger partial charge in [0.1, 0.15) is 11.5 Å². The Hall–Kier alpha value is -1.60. The van der Waals surface area contributed by atoms with Gasteiger partial charge in [-0.15, -0.1) is 10.2 Å². The van der Waals surface area contributed by atoms with Crippen LogP contribution in [0.4, 0.5) is 10.8 Å². The van der Waals surface area contributed by atoms with E-state index >= 15 is 0 Å². The Labute approximate surface area is 180 Å². The summed E-state index contributed by atoms with van der Waals surface area (Å²) in [5.74, 6) is 4.19. The molecular formula is C22H27N3O2S2. The van der Waals surface area contributed by atoms with Crippen LogP contribution >= 0.6 is 23.1 Å². The number of Topliss-reactive ketones (excluding diaryl/α,β-unsaturated/α-hetero) is 1. The average Bonchev–Trinajstić information content (AvgIpc) is 3.14. The van der Waals surface area contributed by atoms with Crippen molar-refractivity contribution in [3.63, 3.8) is 0 Å². The molecule has 0 saturated heterocycles. The van der Waals surface area contributed by atoms with Gasteiger partial charge in [0.2, 0.25) is 5.13 Å². The van der Waals surface area contributed by atoms with Gasteiger partial charge in [-0.1, -0.05) is 35.2 Å². The number of ether oxygens (including phenoxy) is 1. The second kappa shape index (κ2) is 7.91. The van der Waals surface area contributed by atoms with E-state index in [9.17, 15) is 4.79 Å². The predicted molar refractivity (Wildman–Crippen MR) is 117 cm³/mol. The van der Waals surface area contributed by atoms with Crippen molar-refractivity contribution in [3.8, 4) is 5.75 Å². The molecule has 4 aliphatic carbocycles. The molecule has 4 aliphatic rings. The molecule has 0 atom stereocenters. The standard InChI is InChI=1S/C22H27N3O2S2/c1-2-27-18-6-4-3-5-17(18)23-20-24-25-21(29-20)28-13-19(26)22-10-14-7-15(11-22)9-16(8-14)12-22/h3-6,14-16H,2,7-13H2,1H3,(H,23,24). The topological polar surface area (TPSA) is 64.1 Å². The lowest BCUT2D eigenvalue weighted by Crippen LogP contribution is -2.50. The molecule has 6 rings (SSSR count). The Kier molecular flexibility index (Phi) is 5.28. The summed E-state index contributed by atoms with van der Waals surface area (Å²) in [5.41, 5.74) is 0.857. The van der Waals surface area contributed by atoms with Gasteiger partial charge in [-0.25, -0.2) is 0 Å². The molecule has 0 amide bonds. The summed E-state index contributed by atoms with van der Waals surface area (Å²) in [5, 5.41) is 12.6. The van der Waals surface area contributed by atoms with Gasteiger partial charge in [0.25, 0.3) is 0 Å². The number of thioether (sulfide) groups is 1. The van der Waals surface area contributed by atoms with Crippen LogP contribution in [0.2, 0.25) is 0 Å². The van der Waals surface area contributed by atoms with E-state index in [1.165, 1.54) is 30.6 Å². The summed E-state index contributed by atoms with van der Waals surface area (Å²) in [6.45, 7) is 2.58. The fourth-order valence-corrected chi connectivity index (χ4v) is 7.82. The highest BCUT2D eigenvalue weighted by molar-refractivity contribution is 8.01. The summed E-state index contributed by atoms with van der Waals surface area (Å²) in [6.07, 6.45) is 7.51. The minimum absolute atomic E-state index is 0.0239. The number of nitrogens with one attached hydrogen (secondary N) is 1. The van der Waals surface area contributed by atoms with Crippen LogP contribution in [0.1, 0.15) is 45.4 Å². The molecule has 4 bridgehead atoms. The van der Waals surface area contributed by atoms with Crippen molar-refractivity contribution in [1.82, 2.24) is 10.2 Å². The number of anilines is 2. The van der Waals surface area contributed by atoms with Crippen molar-refractivity contribution in [1.29, 1.82) is 0 Å². The zero-order chi connectivity index (χ0) is 19.8. The molecular weight excluding hydrogens is 402 g/mol. The third-order valence-corrected chi connectivity index (χ3v) is 8.76. The van der Waals surface area contributed by atoms with E-state index in [1.807, 2.05) is 31.2 Å². The van der Waals surface area contributed by atoms with E-state index in [0.29, 0.717) is 18.1 Å². The Morgan fingerprint density at radius 3 is 2.55 bits per heavy atom. The second-order valence-electron chi connectivity index (χ2n) is 8.84. The first kappa shape index (κ1) is 19.4. The molecule has 0 spiro atoms. The molecule has 7 heteroatoms. The lowest BCUT2D eigenvalue weighted by Gasteiger charge is -2.56. The first-order chi connectivity index (χ1) is 14.1. The third-order valence-electron chi connectivity index (χ3n) is 6.79. The van der Waals surface area contributed by atoms with Gasteiger partial charge >= 0.3 is 0 Å². The van der Waals surface area contributed by atoms with Gasteiger partial charge in [-0.3, -0.25) is 4.79 Å². The van der Waals surface area contributed by atoms with Crippen molar-refractivity contribution >= 4 is 39.7 Å². The van der Waals surface area contributed by atoms with Gasteiger partial charge in [-0.05, 0) is 75.3 Å². The van der Waals surface area contributed by atoms with Crippen LogP contribution in [0.15, 0.2) is 28.6 Å². The molecule has 0 aliphatic heterocycles. The maximum Gasteiger partial charge on any atom is 0.210 e. The molecule has 4 fully saturated rings. The van der Waals surface area contributed by atoms with Gasteiger partial charge in [0.15, 0.2) is 4.34 Å². The number of rotatable bonds is 8. The Bertz CT molecular complexity index is 862. The first-order valence-corrected chi connectivity index (χ1v) is 12.4. The Balaban J connectivity index is 1.21. The van der Waals surface area contributed by atoms with E-state index in [-0.39, 0.29) is 5.41 Å². The van der Waals surface area contributed by atoms with Gasteiger partial charge in [0, 0.05) is 5.41 Å². The first-order valence-electron chi connectivity index (χ1n) is 10.6. The molecule has 1 N–H and O–H groups in total. The molecule has 2 aromatic rings. The molecule has 29 heavy (non-hydrogen) atoms. The van der Waals surface area contributed by atoms with Crippen molar-refractivity contribution in [2.45, 2.75) is 49.8 Å². The molecule has 5 nitrogen and oxygen atoms in total. The normalized spacial score (nSPS) is 29.8. The summed E-state index contributed by atoms with van der Waals surface area (Å²) in [6, 6.07) is 7.82. The Morgan fingerprint density at radius 2 is 1.86 bits per heavy atom. The summed E-state index contributed by atoms with van der Waals surface area (Å²) in [7, 11) is 0. The fraction of sp³-hybridized carbons (Fsp3) is 0.591. The van der Waals surface area contributed by atoms with Crippen molar-refractivity contribution in [2.75, 3.05) is 17.7 Å². The number of carbonyl (C=O) groups is 1. The number of aromatic nitrogens is 2. The van der Waals surface area contributed by atoms with Crippen LogP contribution in [0.3, 0.4) is 0 Å². The number of nitrogens with zero attached hydrogens (tertiary/aromatic N) is 2. The minimum atomic E-state index is -0.0239. The highest BCUT2D eigenvalue weighted by Gasteiger charge is 2.54. The zero-order valence-electron chi connectivity index (χ0n) is 16.7. The van der Waals surface area contributed by atoms with Crippen molar-refractivity contribution < 1.29 is 9.53 Å². The number of carbonyl (C=O) groups excluding carboxylic acids is 1. The van der Waals surface area contributed by atoms with Gasteiger partial charge in [0.05, 0.1) is 18.0 Å².